The Labute approximate surface area is 62.5 Å². The van der Waals surface area contributed by atoms with E-state index in [4.69, 9.17) is 0 Å². The number of nitrogens with zero attached hydrogens (tertiary/aromatic N) is 2. The number of rotatable bonds is 0. The van der Waals surface area contributed by atoms with Gasteiger partial charge in [-0.25, -0.2) is 9.50 Å². The molecule has 0 aromatic carbocycles. The minimum absolute atomic E-state index is 0.00500. The molecule has 2 aromatic heterocycles. The van der Waals surface area contributed by atoms with E-state index in [-0.39, 0.29) is 5.43 Å². The Hall–Kier alpha value is -1.58. The Morgan fingerprint density at radius 2 is 2.36 bits per heavy atom. The number of fused-ring (bicyclic) bond motifs is 1. The van der Waals surface area contributed by atoms with E-state index in [2.05, 4.69) is 10.1 Å². The van der Waals surface area contributed by atoms with Gasteiger partial charge in [0.25, 0.3) is 0 Å². The summed E-state index contributed by atoms with van der Waals surface area (Å²) in [6.07, 6.45) is 1.56. The zero-order chi connectivity index (χ0) is 7.84. The molecule has 0 aliphatic rings. The van der Waals surface area contributed by atoms with Crippen LogP contribution in [0.15, 0.2) is 23.3 Å². The highest BCUT2D eigenvalue weighted by atomic mass is 16.1. The van der Waals surface area contributed by atoms with Crippen LogP contribution in [0.3, 0.4) is 0 Å². The van der Waals surface area contributed by atoms with Crippen molar-refractivity contribution in [1.29, 1.82) is 0 Å². The number of aromatic amines is 1. The fourth-order valence-corrected chi connectivity index (χ4v) is 1.10. The third kappa shape index (κ3) is 0.832. The minimum atomic E-state index is -0.00500. The standard InChI is InChI=1S/C7H7N3O/c1-5-2-6(11)3-7-8-4-9-10(5)7/h2-4H,1H3,(H,8,9). The maximum Gasteiger partial charge on any atom is 0.184 e. The smallest absolute Gasteiger partial charge is 0.184 e. The van der Waals surface area contributed by atoms with Gasteiger partial charge in [-0.15, -0.1) is 0 Å². The molecule has 4 nitrogen and oxygen atoms in total. The van der Waals surface area contributed by atoms with Crippen LogP contribution in [-0.2, 0) is 0 Å². The zero-order valence-corrected chi connectivity index (χ0v) is 6.03. The van der Waals surface area contributed by atoms with Crippen LogP contribution in [0.25, 0.3) is 5.65 Å². The first-order valence-electron chi connectivity index (χ1n) is 3.30. The lowest BCUT2D eigenvalue weighted by Gasteiger charge is -1.94. The van der Waals surface area contributed by atoms with Gasteiger partial charge in [0.15, 0.2) is 11.1 Å². The Kier molecular flexibility index (Phi) is 1.09. The van der Waals surface area contributed by atoms with E-state index in [9.17, 15) is 4.79 Å². The maximum atomic E-state index is 10.9. The van der Waals surface area contributed by atoms with Crippen molar-refractivity contribution in [1.82, 2.24) is 14.6 Å². The van der Waals surface area contributed by atoms with Crippen LogP contribution < -0.4 is 5.43 Å². The summed E-state index contributed by atoms with van der Waals surface area (Å²) in [5.41, 5.74) is 1.52. The first-order valence-corrected chi connectivity index (χ1v) is 3.30. The molecule has 0 fully saturated rings. The van der Waals surface area contributed by atoms with Crippen molar-refractivity contribution in [2.24, 2.45) is 0 Å². The molecule has 0 unspecified atom stereocenters. The number of aryl methyl sites for hydroxylation is 1. The van der Waals surface area contributed by atoms with Crippen LogP contribution in [-0.4, -0.2) is 14.6 Å². The van der Waals surface area contributed by atoms with Crippen molar-refractivity contribution < 1.29 is 0 Å². The van der Waals surface area contributed by atoms with Crippen molar-refractivity contribution in [2.45, 2.75) is 6.92 Å². The van der Waals surface area contributed by atoms with Gasteiger partial charge in [-0.1, -0.05) is 0 Å². The van der Waals surface area contributed by atoms with Crippen molar-refractivity contribution in [3.05, 3.63) is 34.4 Å². The number of nitrogens with one attached hydrogen (secondary N) is 1. The fraction of sp³-hybridized carbons (Fsp3) is 0.143. The van der Waals surface area contributed by atoms with Crippen molar-refractivity contribution >= 4 is 5.65 Å². The summed E-state index contributed by atoms with van der Waals surface area (Å²) in [4.78, 5) is 14.9. The molecule has 56 valence electrons. The van der Waals surface area contributed by atoms with Gasteiger partial charge < -0.3 is 0 Å². The molecule has 0 spiro atoms. The van der Waals surface area contributed by atoms with Crippen molar-refractivity contribution in [2.75, 3.05) is 0 Å². The Morgan fingerprint density at radius 3 is 3.18 bits per heavy atom. The monoisotopic (exact) mass is 149 g/mol. The molecule has 0 aliphatic carbocycles. The van der Waals surface area contributed by atoms with E-state index in [1.807, 2.05) is 6.92 Å². The molecular weight excluding hydrogens is 142 g/mol. The van der Waals surface area contributed by atoms with Crippen molar-refractivity contribution in [3.63, 3.8) is 0 Å². The topological polar surface area (TPSA) is 50.2 Å². The molecule has 0 atom stereocenters. The number of hydrogen-bond donors (Lipinski definition) is 1. The van der Waals surface area contributed by atoms with Crippen LogP contribution in [0.1, 0.15) is 5.69 Å². The summed E-state index contributed by atoms with van der Waals surface area (Å²) >= 11 is 0. The highest BCUT2D eigenvalue weighted by Crippen LogP contribution is 1.96. The quantitative estimate of drug-likeness (QED) is 0.586. The van der Waals surface area contributed by atoms with Crippen LogP contribution in [0.5, 0.6) is 0 Å². The van der Waals surface area contributed by atoms with E-state index in [1.54, 1.807) is 16.9 Å². The van der Waals surface area contributed by atoms with Gasteiger partial charge in [0.1, 0.15) is 6.33 Å². The highest BCUT2D eigenvalue weighted by molar-refractivity contribution is 5.36. The van der Waals surface area contributed by atoms with Gasteiger partial charge in [0.2, 0.25) is 0 Å². The lowest BCUT2D eigenvalue weighted by molar-refractivity contribution is 0.911. The van der Waals surface area contributed by atoms with Crippen LogP contribution in [0.4, 0.5) is 0 Å². The number of aromatic nitrogens is 3. The summed E-state index contributed by atoms with van der Waals surface area (Å²) in [5.74, 6) is 0. The molecule has 0 saturated carbocycles. The number of pyridine rings is 1. The van der Waals surface area contributed by atoms with Gasteiger partial charge in [-0.05, 0) is 6.92 Å². The van der Waals surface area contributed by atoms with Gasteiger partial charge in [0, 0.05) is 17.8 Å². The second kappa shape index (κ2) is 1.95. The lowest BCUT2D eigenvalue weighted by Crippen LogP contribution is -2.03. The average Bonchev–Trinajstić information content (AvgIpc) is 2.34. The lowest BCUT2D eigenvalue weighted by atomic mass is 10.4. The second-order valence-corrected chi connectivity index (χ2v) is 2.41. The Morgan fingerprint density at radius 1 is 1.55 bits per heavy atom. The van der Waals surface area contributed by atoms with Gasteiger partial charge >= 0.3 is 0 Å². The summed E-state index contributed by atoms with van der Waals surface area (Å²) < 4.78 is 1.75. The maximum absolute atomic E-state index is 10.9. The average molecular weight is 149 g/mol. The first-order chi connectivity index (χ1) is 5.27. The fourth-order valence-electron chi connectivity index (χ4n) is 1.10. The van der Waals surface area contributed by atoms with Crippen LogP contribution in [0, 0.1) is 6.92 Å². The first kappa shape index (κ1) is 6.15. The molecule has 0 amide bonds. The molecule has 2 heterocycles. The third-order valence-corrected chi connectivity index (χ3v) is 1.59. The van der Waals surface area contributed by atoms with E-state index in [1.165, 1.54) is 6.07 Å². The zero-order valence-electron chi connectivity index (χ0n) is 6.03. The van der Waals surface area contributed by atoms with Gasteiger partial charge in [-0.3, -0.25) is 9.89 Å². The SMILES string of the molecule is Cc1cc(=O)cc2nc[nH]n12. The van der Waals surface area contributed by atoms with Crippen LogP contribution in [0.2, 0.25) is 0 Å². The number of hydrogen-bond acceptors (Lipinski definition) is 2. The van der Waals surface area contributed by atoms with Crippen LogP contribution >= 0.6 is 0 Å². The molecule has 0 saturated heterocycles. The van der Waals surface area contributed by atoms with E-state index in [0.717, 1.165) is 5.69 Å². The van der Waals surface area contributed by atoms with Crippen molar-refractivity contribution in [3.8, 4) is 0 Å². The second-order valence-electron chi connectivity index (χ2n) is 2.41. The van der Waals surface area contributed by atoms with E-state index in [0.29, 0.717) is 5.65 Å². The normalized spacial score (nSPS) is 10.6. The molecule has 0 aliphatic heterocycles. The summed E-state index contributed by atoms with van der Waals surface area (Å²) in [7, 11) is 0. The summed E-state index contributed by atoms with van der Waals surface area (Å²) in [6, 6.07) is 3.05. The van der Waals surface area contributed by atoms with E-state index >= 15 is 0 Å². The molecule has 1 N–H and O–H groups in total. The minimum Gasteiger partial charge on any atom is -0.290 e. The van der Waals surface area contributed by atoms with Gasteiger partial charge in [0.05, 0.1) is 0 Å². The Balaban J connectivity index is 3.02. The Bertz CT molecular complexity index is 440. The molecule has 2 rings (SSSR count). The van der Waals surface area contributed by atoms with E-state index < -0.39 is 0 Å². The third-order valence-electron chi connectivity index (χ3n) is 1.59. The molecule has 11 heavy (non-hydrogen) atoms. The predicted molar refractivity (Wildman–Crippen MR) is 40.5 cm³/mol. The summed E-state index contributed by atoms with van der Waals surface area (Å²) in [5, 5.41) is 2.88. The molecule has 0 bridgehead atoms. The highest BCUT2D eigenvalue weighted by Gasteiger charge is 1.96. The predicted octanol–water partition coefficient (Wildman–Crippen LogP) is 0.331. The molecule has 2 aromatic rings. The molecular formula is C7H7N3O. The van der Waals surface area contributed by atoms with Gasteiger partial charge in [-0.2, -0.15) is 0 Å². The number of H-pyrrole nitrogens is 1. The molecule has 0 radical (unpaired) electrons. The summed E-state index contributed by atoms with van der Waals surface area (Å²) in [6.45, 7) is 1.85. The largest absolute Gasteiger partial charge is 0.290 e. The molecule has 4 heteroatoms.